The van der Waals surface area contributed by atoms with Gasteiger partial charge in [-0.3, -0.25) is 4.79 Å². The quantitative estimate of drug-likeness (QED) is 0.144. The Morgan fingerprint density at radius 1 is 0.938 bits per heavy atom. The third kappa shape index (κ3) is 5.41. The van der Waals surface area contributed by atoms with Crippen LogP contribution in [-0.4, -0.2) is 144 Å². The molecule has 48 heavy (non-hydrogen) atoms. The van der Waals surface area contributed by atoms with Gasteiger partial charge in [0.05, 0.1) is 31.1 Å². The van der Waals surface area contributed by atoms with Crippen molar-refractivity contribution in [3.05, 3.63) is 53.9 Å². The molecule has 0 aliphatic carbocycles. The van der Waals surface area contributed by atoms with Crippen LogP contribution in [0.4, 0.5) is 0 Å². The second-order valence-electron chi connectivity index (χ2n) is 12.9. The molecule has 14 unspecified atom stereocenters. The second-order valence-corrected chi connectivity index (χ2v) is 12.9. The zero-order valence-electron chi connectivity index (χ0n) is 25.7. The number of H-pyrrole nitrogens is 1. The summed E-state index contributed by atoms with van der Waals surface area (Å²) in [7, 11) is 0. The van der Waals surface area contributed by atoms with Crippen LogP contribution in [0.15, 0.2) is 42.7 Å². The minimum absolute atomic E-state index is 0.124. The van der Waals surface area contributed by atoms with Crippen LogP contribution in [0.1, 0.15) is 23.7 Å². The molecule has 0 bridgehead atoms. The number of hydrogen-bond donors (Lipinski definition) is 9. The number of phenols is 1. The number of hydrogen-bond acceptors (Lipinski definition) is 14. The van der Waals surface area contributed by atoms with Crippen LogP contribution in [0.3, 0.4) is 0 Å². The fourth-order valence-corrected chi connectivity index (χ4v) is 7.64. The highest BCUT2D eigenvalue weighted by molar-refractivity contribution is 5.96. The molecule has 1 aromatic carbocycles. The Labute approximate surface area is 274 Å². The SMILES string of the molecule is C=CC1C(OC2OC(CO)C(O)C(O)C2OC2OC(CO)C(O)C(O)C2O)OC=C2C(=O)N3CCc4c([nH]c5cc(O)ccc45)C3CC21. The smallest absolute Gasteiger partial charge is 0.253 e. The van der Waals surface area contributed by atoms with Crippen molar-refractivity contribution in [3.8, 4) is 5.75 Å². The number of benzene rings is 1. The minimum atomic E-state index is -1.83. The van der Waals surface area contributed by atoms with E-state index in [1.165, 1.54) is 6.26 Å². The number of aromatic hydroxyl groups is 1. The molecule has 5 aliphatic heterocycles. The van der Waals surface area contributed by atoms with E-state index in [-0.39, 0.29) is 17.7 Å². The van der Waals surface area contributed by atoms with Gasteiger partial charge in [-0.2, -0.15) is 0 Å². The Balaban J connectivity index is 1.15. The summed E-state index contributed by atoms with van der Waals surface area (Å²) < 4.78 is 29.1. The average molecular weight is 677 g/mol. The normalized spacial score (nSPS) is 41.2. The van der Waals surface area contributed by atoms with Gasteiger partial charge in [0.1, 0.15) is 54.6 Å². The number of aliphatic hydroxyl groups is 7. The Morgan fingerprint density at radius 3 is 2.35 bits per heavy atom. The van der Waals surface area contributed by atoms with Crippen LogP contribution in [0.25, 0.3) is 10.9 Å². The lowest BCUT2D eigenvalue weighted by Gasteiger charge is -2.49. The molecule has 0 spiro atoms. The molecular formula is C32H40N2O14. The lowest BCUT2D eigenvalue weighted by molar-refractivity contribution is -0.383. The molecule has 3 fully saturated rings. The van der Waals surface area contributed by atoms with Crippen LogP contribution in [0.5, 0.6) is 5.75 Å². The molecule has 0 saturated carbocycles. The number of amides is 1. The van der Waals surface area contributed by atoms with Gasteiger partial charge in [0.15, 0.2) is 12.6 Å². The van der Waals surface area contributed by atoms with Gasteiger partial charge in [-0.1, -0.05) is 6.08 Å². The first-order valence-electron chi connectivity index (χ1n) is 15.9. The zero-order chi connectivity index (χ0) is 34.0. The largest absolute Gasteiger partial charge is 0.508 e. The maximum absolute atomic E-state index is 13.8. The molecule has 5 aliphatic rings. The van der Waals surface area contributed by atoms with Gasteiger partial charge in [-0.25, -0.2) is 0 Å². The Morgan fingerprint density at radius 2 is 1.65 bits per heavy atom. The molecule has 262 valence electrons. The molecule has 6 heterocycles. The third-order valence-corrected chi connectivity index (χ3v) is 10.2. The fourth-order valence-electron chi connectivity index (χ4n) is 7.64. The van der Waals surface area contributed by atoms with Crippen LogP contribution < -0.4 is 0 Å². The number of carbonyl (C=O) groups excluding carboxylic acids is 1. The number of fused-ring (bicyclic) bond motifs is 6. The topological polar surface area (TPSA) is 244 Å². The summed E-state index contributed by atoms with van der Waals surface area (Å²) in [5, 5.41) is 83.1. The molecule has 1 aromatic heterocycles. The Hall–Kier alpha value is -3.13. The van der Waals surface area contributed by atoms with Gasteiger partial charge >= 0.3 is 0 Å². The summed E-state index contributed by atoms with van der Waals surface area (Å²) in [6.45, 7) is 3.03. The first-order valence-corrected chi connectivity index (χ1v) is 15.9. The first kappa shape index (κ1) is 33.4. The molecule has 7 rings (SSSR count). The van der Waals surface area contributed by atoms with Gasteiger partial charge in [-0.05, 0) is 30.5 Å². The number of rotatable bonds is 7. The lowest BCUT2D eigenvalue weighted by atomic mass is 9.74. The summed E-state index contributed by atoms with van der Waals surface area (Å²) in [6.07, 6.45) is -13.3. The van der Waals surface area contributed by atoms with Crippen molar-refractivity contribution in [1.82, 2.24) is 9.88 Å². The van der Waals surface area contributed by atoms with Crippen molar-refractivity contribution >= 4 is 16.8 Å². The highest BCUT2D eigenvalue weighted by atomic mass is 16.8. The van der Waals surface area contributed by atoms with E-state index in [2.05, 4.69) is 11.6 Å². The number of aromatic nitrogens is 1. The van der Waals surface area contributed by atoms with Crippen molar-refractivity contribution in [2.75, 3.05) is 19.8 Å². The van der Waals surface area contributed by atoms with Crippen molar-refractivity contribution in [2.45, 2.75) is 86.6 Å². The number of aliphatic hydroxyl groups excluding tert-OH is 7. The number of carbonyl (C=O) groups is 1. The third-order valence-electron chi connectivity index (χ3n) is 10.2. The Kier molecular flexibility index (Phi) is 9.01. The minimum Gasteiger partial charge on any atom is -0.508 e. The van der Waals surface area contributed by atoms with Crippen LogP contribution >= 0.6 is 0 Å². The highest BCUT2D eigenvalue weighted by Crippen LogP contribution is 2.48. The molecule has 16 heteroatoms. The number of aromatic amines is 1. The van der Waals surface area contributed by atoms with Gasteiger partial charge in [-0.15, -0.1) is 6.58 Å². The molecule has 3 saturated heterocycles. The standard InChI is InChI=1S/C32H40N2O14/c1-2-13-16-8-19-22-15(14-4-3-12(37)7-18(14)33-22)5-6-34(19)29(43)17(16)11-44-30(13)48-32-28(26(41)24(39)21(10-36)46-32)47-31-27(42)25(40)23(38)20(9-35)45-31/h2-4,7,11,13,16,19-21,23-28,30-33,35-42H,1,5-6,8-10H2. The van der Waals surface area contributed by atoms with E-state index in [4.69, 9.17) is 23.7 Å². The van der Waals surface area contributed by atoms with E-state index in [1.54, 1.807) is 23.1 Å². The van der Waals surface area contributed by atoms with E-state index in [0.717, 1.165) is 22.2 Å². The van der Waals surface area contributed by atoms with Crippen molar-refractivity contribution in [3.63, 3.8) is 0 Å². The van der Waals surface area contributed by atoms with Gasteiger partial charge in [0.2, 0.25) is 6.29 Å². The lowest BCUT2D eigenvalue weighted by Crippen LogP contribution is -2.65. The number of phenolic OH excluding ortho intramolecular Hbond substituents is 1. The Bertz CT molecular complexity index is 1560. The van der Waals surface area contributed by atoms with E-state index in [9.17, 15) is 45.6 Å². The molecule has 1 amide bonds. The average Bonchev–Trinajstić information content (AvgIpc) is 3.45. The van der Waals surface area contributed by atoms with E-state index >= 15 is 0 Å². The number of ether oxygens (including phenoxy) is 5. The van der Waals surface area contributed by atoms with E-state index < -0.39 is 92.8 Å². The second kappa shape index (κ2) is 13.0. The van der Waals surface area contributed by atoms with Crippen molar-refractivity contribution in [2.24, 2.45) is 11.8 Å². The van der Waals surface area contributed by atoms with Gasteiger partial charge < -0.3 is 74.4 Å². The van der Waals surface area contributed by atoms with E-state index in [1.807, 2.05) is 6.07 Å². The number of nitrogens with one attached hydrogen (secondary N) is 1. The fraction of sp³-hybridized carbons (Fsp3) is 0.594. The van der Waals surface area contributed by atoms with Crippen LogP contribution in [0, 0.1) is 11.8 Å². The molecular weight excluding hydrogens is 636 g/mol. The summed E-state index contributed by atoms with van der Waals surface area (Å²) >= 11 is 0. The zero-order valence-corrected chi connectivity index (χ0v) is 25.7. The molecule has 2 aromatic rings. The molecule has 16 nitrogen and oxygen atoms in total. The molecule has 9 N–H and O–H groups in total. The predicted octanol–water partition coefficient (Wildman–Crippen LogP) is -2.00. The number of piperidine rings is 1. The highest BCUT2D eigenvalue weighted by Gasteiger charge is 2.54. The van der Waals surface area contributed by atoms with Crippen molar-refractivity contribution in [1.29, 1.82) is 0 Å². The van der Waals surface area contributed by atoms with Crippen LogP contribution in [-0.2, 0) is 34.9 Å². The van der Waals surface area contributed by atoms with Crippen molar-refractivity contribution < 1.29 is 69.3 Å². The molecule has 14 atom stereocenters. The molecule has 0 radical (unpaired) electrons. The van der Waals surface area contributed by atoms with Gasteiger partial charge in [0, 0.05) is 41.0 Å². The van der Waals surface area contributed by atoms with E-state index in [0.29, 0.717) is 25.0 Å². The monoisotopic (exact) mass is 676 g/mol. The maximum atomic E-state index is 13.8. The first-order chi connectivity index (χ1) is 23.1. The maximum Gasteiger partial charge on any atom is 0.253 e. The van der Waals surface area contributed by atoms with Crippen LogP contribution in [0.2, 0.25) is 0 Å². The predicted molar refractivity (Wildman–Crippen MR) is 160 cm³/mol. The summed E-state index contributed by atoms with van der Waals surface area (Å²) in [4.78, 5) is 19.0. The summed E-state index contributed by atoms with van der Waals surface area (Å²) in [5.74, 6) is -1.15. The van der Waals surface area contributed by atoms with Gasteiger partial charge in [0.25, 0.3) is 5.91 Å². The summed E-state index contributed by atoms with van der Waals surface area (Å²) in [5.41, 5.74) is 3.15. The summed E-state index contributed by atoms with van der Waals surface area (Å²) in [6, 6.07) is 4.82. The number of nitrogens with zero attached hydrogens (tertiary/aromatic N) is 1.